The van der Waals surface area contributed by atoms with Crippen LogP contribution in [0.1, 0.15) is 22.3 Å². The van der Waals surface area contributed by atoms with Crippen LogP contribution in [-0.2, 0) is 24.3 Å². The SMILES string of the molecule is Cc1c(CNC(=O)N(C)c2ccccc2)ccc2nc(N[C@@H](Cc3ccccc3)C(=O)N(C)Cc3ccccc3)oc(=O)c12. The number of nitrogens with one attached hydrogen (secondary N) is 2. The molecule has 2 N–H and O–H groups in total. The molecule has 1 aromatic heterocycles. The van der Waals surface area contributed by atoms with Gasteiger partial charge in [0.2, 0.25) is 5.91 Å². The summed E-state index contributed by atoms with van der Waals surface area (Å²) < 4.78 is 5.62. The molecule has 0 unspecified atom stereocenters. The lowest BCUT2D eigenvalue weighted by molar-refractivity contribution is -0.131. The first-order valence-corrected chi connectivity index (χ1v) is 14.4. The zero-order chi connectivity index (χ0) is 31.1. The minimum Gasteiger partial charge on any atom is -0.389 e. The number of hydrogen-bond acceptors (Lipinski definition) is 6. The van der Waals surface area contributed by atoms with Crippen LogP contribution in [0.5, 0.6) is 0 Å². The van der Waals surface area contributed by atoms with Gasteiger partial charge in [-0.05, 0) is 47.4 Å². The van der Waals surface area contributed by atoms with Crippen molar-refractivity contribution < 1.29 is 14.0 Å². The topological polar surface area (TPSA) is 108 Å². The molecule has 224 valence electrons. The summed E-state index contributed by atoms with van der Waals surface area (Å²) in [6.45, 7) is 2.46. The number of benzene rings is 4. The van der Waals surface area contributed by atoms with Gasteiger partial charge in [0.15, 0.2) is 0 Å². The lowest BCUT2D eigenvalue weighted by Crippen LogP contribution is -2.42. The number of carbonyl (C=O) groups is 2. The van der Waals surface area contributed by atoms with E-state index in [1.165, 1.54) is 4.90 Å². The largest absolute Gasteiger partial charge is 0.389 e. The summed E-state index contributed by atoms with van der Waals surface area (Å²) in [5.74, 6) is -0.162. The van der Waals surface area contributed by atoms with Gasteiger partial charge in [-0.25, -0.2) is 9.59 Å². The number of amides is 3. The zero-order valence-corrected chi connectivity index (χ0v) is 25.0. The molecule has 9 heteroatoms. The molecule has 0 aliphatic carbocycles. The van der Waals surface area contributed by atoms with Crippen molar-refractivity contribution in [2.45, 2.75) is 32.5 Å². The highest BCUT2D eigenvalue weighted by Crippen LogP contribution is 2.21. The average molecular weight is 590 g/mol. The van der Waals surface area contributed by atoms with E-state index in [1.807, 2.05) is 97.1 Å². The van der Waals surface area contributed by atoms with Crippen LogP contribution in [0, 0.1) is 6.92 Å². The first-order valence-electron chi connectivity index (χ1n) is 14.4. The van der Waals surface area contributed by atoms with Crippen molar-refractivity contribution >= 4 is 34.5 Å². The molecule has 9 nitrogen and oxygen atoms in total. The Morgan fingerprint density at radius 1 is 0.841 bits per heavy atom. The van der Waals surface area contributed by atoms with Gasteiger partial charge in [0, 0.05) is 39.3 Å². The van der Waals surface area contributed by atoms with Gasteiger partial charge >= 0.3 is 11.7 Å². The first-order chi connectivity index (χ1) is 21.3. The van der Waals surface area contributed by atoms with E-state index in [1.54, 1.807) is 32.0 Å². The highest BCUT2D eigenvalue weighted by molar-refractivity contribution is 5.91. The summed E-state index contributed by atoms with van der Waals surface area (Å²) in [7, 11) is 3.44. The predicted molar refractivity (Wildman–Crippen MR) is 173 cm³/mol. The fourth-order valence-corrected chi connectivity index (χ4v) is 5.07. The van der Waals surface area contributed by atoms with E-state index in [4.69, 9.17) is 4.42 Å². The molecule has 0 saturated carbocycles. The molecule has 0 bridgehead atoms. The minimum atomic E-state index is -0.726. The number of likely N-dealkylation sites (N-methyl/N-ethyl adjacent to an activating group) is 1. The van der Waals surface area contributed by atoms with E-state index in [2.05, 4.69) is 15.6 Å². The Hall–Kier alpha value is -5.44. The number of carbonyl (C=O) groups excluding carboxylic acids is 2. The van der Waals surface area contributed by atoms with Crippen molar-refractivity contribution in [2.75, 3.05) is 24.3 Å². The maximum atomic E-state index is 13.6. The number of rotatable bonds is 10. The van der Waals surface area contributed by atoms with E-state index in [-0.39, 0.29) is 24.5 Å². The minimum absolute atomic E-state index is 0.0326. The van der Waals surface area contributed by atoms with E-state index < -0.39 is 11.7 Å². The number of para-hydroxylation sites is 1. The normalized spacial score (nSPS) is 11.5. The summed E-state index contributed by atoms with van der Waals surface area (Å²) in [5, 5.41) is 6.33. The summed E-state index contributed by atoms with van der Waals surface area (Å²) in [5.41, 5.74) is 4.01. The van der Waals surface area contributed by atoms with E-state index >= 15 is 0 Å². The van der Waals surface area contributed by atoms with Gasteiger partial charge in [0.05, 0.1) is 10.9 Å². The van der Waals surface area contributed by atoms with Crippen molar-refractivity contribution in [2.24, 2.45) is 0 Å². The van der Waals surface area contributed by atoms with Gasteiger partial charge in [-0.3, -0.25) is 9.69 Å². The Labute approximate surface area is 256 Å². The van der Waals surface area contributed by atoms with E-state index in [0.717, 1.165) is 22.4 Å². The predicted octanol–water partition coefficient (Wildman–Crippen LogP) is 5.52. The van der Waals surface area contributed by atoms with Crippen molar-refractivity contribution in [3.63, 3.8) is 0 Å². The number of nitrogens with zero attached hydrogens (tertiary/aromatic N) is 3. The lowest BCUT2D eigenvalue weighted by atomic mass is 10.0. The van der Waals surface area contributed by atoms with Crippen molar-refractivity contribution in [1.82, 2.24) is 15.2 Å². The maximum absolute atomic E-state index is 13.6. The molecule has 44 heavy (non-hydrogen) atoms. The van der Waals surface area contributed by atoms with Gasteiger partial charge in [-0.1, -0.05) is 84.9 Å². The number of aromatic nitrogens is 1. The van der Waals surface area contributed by atoms with E-state index in [0.29, 0.717) is 29.4 Å². The Morgan fingerprint density at radius 2 is 1.45 bits per heavy atom. The second kappa shape index (κ2) is 13.7. The third kappa shape index (κ3) is 7.12. The van der Waals surface area contributed by atoms with Gasteiger partial charge in [0.1, 0.15) is 6.04 Å². The molecule has 0 saturated heterocycles. The molecule has 1 heterocycles. The summed E-state index contributed by atoms with van der Waals surface area (Å²) in [6, 6.07) is 31.2. The number of aryl methyl sites for hydroxylation is 1. The molecule has 0 aliphatic rings. The molecule has 4 aromatic carbocycles. The van der Waals surface area contributed by atoms with Crippen molar-refractivity contribution in [3.05, 3.63) is 136 Å². The highest BCUT2D eigenvalue weighted by atomic mass is 16.4. The molecular formula is C35H35N5O4. The molecule has 0 spiro atoms. The number of hydrogen-bond donors (Lipinski definition) is 2. The third-order valence-corrected chi connectivity index (χ3v) is 7.57. The second-order valence-corrected chi connectivity index (χ2v) is 10.7. The molecule has 0 fully saturated rings. The Bertz CT molecular complexity index is 1790. The molecule has 1 atom stereocenters. The van der Waals surface area contributed by atoms with Crippen LogP contribution < -0.4 is 21.2 Å². The molecule has 5 rings (SSSR count). The summed E-state index contributed by atoms with van der Waals surface area (Å²) in [4.78, 5) is 47.4. The fourth-order valence-electron chi connectivity index (χ4n) is 5.07. The van der Waals surface area contributed by atoms with Gasteiger partial charge in [-0.2, -0.15) is 4.98 Å². The van der Waals surface area contributed by atoms with Crippen LogP contribution in [0.15, 0.2) is 112 Å². The van der Waals surface area contributed by atoms with Crippen LogP contribution in [0.4, 0.5) is 16.5 Å². The van der Waals surface area contributed by atoms with Crippen molar-refractivity contribution in [3.8, 4) is 0 Å². The monoisotopic (exact) mass is 589 g/mol. The Kier molecular flexibility index (Phi) is 9.34. The molecule has 5 aromatic rings. The molecular weight excluding hydrogens is 554 g/mol. The standard InChI is InChI=1S/C35H35N5O4/c1-24-27(22-36-35(43)40(3)28-17-11-6-12-18-28)19-20-29-31(24)33(42)44-34(37-29)38-30(21-25-13-7-4-8-14-25)32(41)39(2)23-26-15-9-5-10-16-26/h4-20,30H,21-23H2,1-3H3,(H,36,43)(H,37,38)/t30-/m0/s1. The van der Waals surface area contributed by atoms with Crippen molar-refractivity contribution in [1.29, 1.82) is 0 Å². The quantitative estimate of drug-likeness (QED) is 0.222. The zero-order valence-electron chi connectivity index (χ0n) is 25.0. The Morgan fingerprint density at radius 3 is 2.11 bits per heavy atom. The van der Waals surface area contributed by atoms with Crippen LogP contribution in [0.2, 0.25) is 0 Å². The maximum Gasteiger partial charge on any atom is 0.348 e. The van der Waals surface area contributed by atoms with Crippen LogP contribution in [0.3, 0.4) is 0 Å². The number of anilines is 2. The number of fused-ring (bicyclic) bond motifs is 1. The molecule has 0 radical (unpaired) electrons. The van der Waals surface area contributed by atoms with Crippen LogP contribution >= 0.6 is 0 Å². The lowest BCUT2D eigenvalue weighted by Gasteiger charge is -2.25. The number of urea groups is 1. The first kappa shape index (κ1) is 30.0. The van der Waals surface area contributed by atoms with Gasteiger partial charge in [0.25, 0.3) is 6.01 Å². The Balaban J connectivity index is 1.35. The third-order valence-electron chi connectivity index (χ3n) is 7.57. The molecule has 0 aliphatic heterocycles. The smallest absolute Gasteiger partial charge is 0.348 e. The average Bonchev–Trinajstić information content (AvgIpc) is 3.04. The highest BCUT2D eigenvalue weighted by Gasteiger charge is 2.25. The van der Waals surface area contributed by atoms with Crippen LogP contribution in [0.25, 0.3) is 10.9 Å². The summed E-state index contributed by atoms with van der Waals surface area (Å²) in [6.07, 6.45) is 0.372. The summed E-state index contributed by atoms with van der Waals surface area (Å²) >= 11 is 0. The van der Waals surface area contributed by atoms with E-state index in [9.17, 15) is 14.4 Å². The van der Waals surface area contributed by atoms with Gasteiger partial charge in [-0.15, -0.1) is 0 Å². The fraction of sp³-hybridized carbons (Fsp3) is 0.200. The van der Waals surface area contributed by atoms with Crippen LogP contribution in [-0.4, -0.2) is 42.0 Å². The van der Waals surface area contributed by atoms with Gasteiger partial charge < -0.3 is 20.0 Å². The molecule has 3 amide bonds. The second-order valence-electron chi connectivity index (χ2n) is 10.7.